The monoisotopic (exact) mass is 317 g/mol. The Balaban J connectivity index is 1.42. The number of hydrogen-bond acceptors (Lipinski definition) is 4. The molecule has 1 spiro atoms. The van der Waals surface area contributed by atoms with Gasteiger partial charge in [0.25, 0.3) is 0 Å². The zero-order valence-corrected chi connectivity index (χ0v) is 12.8. The van der Waals surface area contributed by atoms with E-state index < -0.39 is 5.79 Å². The van der Waals surface area contributed by atoms with Crippen molar-refractivity contribution in [3.63, 3.8) is 0 Å². The van der Waals surface area contributed by atoms with E-state index in [2.05, 4.69) is 9.97 Å². The number of nitrogens with zero attached hydrogens (tertiary/aromatic N) is 1. The highest BCUT2D eigenvalue weighted by Crippen LogP contribution is 2.31. The fourth-order valence-corrected chi connectivity index (χ4v) is 3.36. The van der Waals surface area contributed by atoms with Gasteiger partial charge in [-0.2, -0.15) is 0 Å². The highest BCUT2D eigenvalue weighted by molar-refractivity contribution is 5.81. The van der Waals surface area contributed by atoms with Crippen LogP contribution in [-0.4, -0.2) is 52.9 Å². The van der Waals surface area contributed by atoms with Gasteiger partial charge in [-0.3, -0.25) is 4.79 Å². The van der Waals surface area contributed by atoms with Crippen molar-refractivity contribution >= 4 is 16.9 Å². The number of aromatic amines is 2. The van der Waals surface area contributed by atoms with Crippen molar-refractivity contribution in [2.45, 2.75) is 25.0 Å². The SMILES string of the molecule is O=C(Cc1ccc2[nH]c(=O)[nH]c2c1)N1CCC2(CC1)OCCO2. The summed E-state index contributed by atoms with van der Waals surface area (Å²) >= 11 is 0. The molecule has 4 rings (SSSR count). The van der Waals surface area contributed by atoms with Gasteiger partial charge in [-0.1, -0.05) is 6.07 Å². The molecular formula is C16H19N3O4. The topological polar surface area (TPSA) is 87.4 Å². The van der Waals surface area contributed by atoms with Crippen molar-refractivity contribution in [2.24, 2.45) is 0 Å². The second-order valence-corrected chi connectivity index (χ2v) is 6.12. The van der Waals surface area contributed by atoms with Gasteiger partial charge in [-0.15, -0.1) is 0 Å². The van der Waals surface area contributed by atoms with Crippen LogP contribution in [0.25, 0.3) is 11.0 Å². The summed E-state index contributed by atoms with van der Waals surface area (Å²) in [7, 11) is 0. The van der Waals surface area contributed by atoms with Crippen LogP contribution < -0.4 is 5.69 Å². The lowest BCUT2D eigenvalue weighted by atomic mass is 10.0. The molecule has 0 saturated carbocycles. The van der Waals surface area contributed by atoms with Crippen molar-refractivity contribution in [3.05, 3.63) is 34.2 Å². The van der Waals surface area contributed by atoms with E-state index in [1.54, 1.807) is 0 Å². The number of carbonyl (C=O) groups excluding carboxylic acids is 1. The standard InChI is InChI=1S/C16H19N3O4/c20-14(19-5-3-16(4-6-19)22-7-8-23-16)10-11-1-2-12-13(9-11)18-15(21)17-12/h1-2,9H,3-8,10H2,(H2,17,18,21). The summed E-state index contributed by atoms with van der Waals surface area (Å²) in [4.78, 5) is 31.0. The van der Waals surface area contributed by atoms with Gasteiger partial charge in [0, 0.05) is 25.9 Å². The smallest absolute Gasteiger partial charge is 0.323 e. The number of carbonyl (C=O) groups is 1. The van der Waals surface area contributed by atoms with Gasteiger partial charge in [0.05, 0.1) is 30.7 Å². The Bertz CT molecular complexity index is 778. The van der Waals surface area contributed by atoms with E-state index in [1.807, 2.05) is 23.1 Å². The summed E-state index contributed by atoms with van der Waals surface area (Å²) in [6.07, 6.45) is 1.78. The average molecular weight is 317 g/mol. The Labute approximate surface area is 132 Å². The quantitative estimate of drug-likeness (QED) is 0.856. The number of ether oxygens (including phenoxy) is 2. The highest BCUT2D eigenvalue weighted by Gasteiger charge is 2.40. The molecule has 2 aromatic rings. The molecule has 2 N–H and O–H groups in total. The van der Waals surface area contributed by atoms with Gasteiger partial charge < -0.3 is 24.3 Å². The predicted molar refractivity (Wildman–Crippen MR) is 83.1 cm³/mol. The first kappa shape index (κ1) is 14.5. The largest absolute Gasteiger partial charge is 0.347 e. The maximum absolute atomic E-state index is 12.5. The minimum absolute atomic E-state index is 0.0927. The van der Waals surface area contributed by atoms with E-state index in [-0.39, 0.29) is 11.6 Å². The molecule has 3 heterocycles. The number of amides is 1. The number of rotatable bonds is 2. The Morgan fingerprint density at radius 1 is 1.13 bits per heavy atom. The molecule has 0 atom stereocenters. The molecule has 2 saturated heterocycles. The number of hydrogen-bond donors (Lipinski definition) is 2. The van der Waals surface area contributed by atoms with Gasteiger partial charge in [-0.25, -0.2) is 4.79 Å². The van der Waals surface area contributed by atoms with Gasteiger partial charge in [0.1, 0.15) is 0 Å². The normalized spacial score (nSPS) is 20.4. The molecule has 0 aliphatic carbocycles. The maximum atomic E-state index is 12.5. The number of nitrogens with one attached hydrogen (secondary N) is 2. The molecule has 0 radical (unpaired) electrons. The predicted octanol–water partition coefficient (Wildman–Crippen LogP) is 0.764. The van der Waals surface area contributed by atoms with Crippen LogP contribution >= 0.6 is 0 Å². The van der Waals surface area contributed by atoms with E-state index in [4.69, 9.17) is 9.47 Å². The Morgan fingerprint density at radius 3 is 2.57 bits per heavy atom. The third-order valence-electron chi connectivity index (χ3n) is 4.63. The molecule has 0 unspecified atom stereocenters. The zero-order valence-electron chi connectivity index (χ0n) is 12.8. The van der Waals surface area contributed by atoms with E-state index in [0.29, 0.717) is 32.7 Å². The molecule has 0 bridgehead atoms. The first-order valence-electron chi connectivity index (χ1n) is 7.90. The minimum Gasteiger partial charge on any atom is -0.347 e. The lowest BCUT2D eigenvalue weighted by Crippen LogP contribution is -2.47. The summed E-state index contributed by atoms with van der Waals surface area (Å²) in [5.74, 6) is -0.365. The van der Waals surface area contributed by atoms with Crippen molar-refractivity contribution < 1.29 is 14.3 Å². The van der Waals surface area contributed by atoms with Crippen LogP contribution in [0.1, 0.15) is 18.4 Å². The zero-order chi connectivity index (χ0) is 15.9. The van der Waals surface area contributed by atoms with Crippen LogP contribution in [0.2, 0.25) is 0 Å². The number of benzene rings is 1. The summed E-state index contributed by atoms with van der Waals surface area (Å²) in [6, 6.07) is 5.54. The third-order valence-corrected chi connectivity index (χ3v) is 4.63. The third kappa shape index (κ3) is 2.77. The molecular weight excluding hydrogens is 298 g/mol. The highest BCUT2D eigenvalue weighted by atomic mass is 16.7. The van der Waals surface area contributed by atoms with Gasteiger partial charge >= 0.3 is 5.69 Å². The molecule has 2 fully saturated rings. The van der Waals surface area contributed by atoms with Crippen LogP contribution in [-0.2, 0) is 20.7 Å². The van der Waals surface area contributed by atoms with E-state index in [0.717, 1.165) is 29.4 Å². The molecule has 122 valence electrons. The summed E-state index contributed by atoms with van der Waals surface area (Å²) in [5, 5.41) is 0. The lowest BCUT2D eigenvalue weighted by molar-refractivity contribution is -0.187. The van der Waals surface area contributed by atoms with E-state index >= 15 is 0 Å². The molecule has 1 aromatic heterocycles. The Kier molecular flexibility index (Phi) is 3.46. The number of imidazole rings is 1. The van der Waals surface area contributed by atoms with Gasteiger partial charge in [0.15, 0.2) is 5.79 Å². The second kappa shape index (κ2) is 5.50. The molecule has 7 heteroatoms. The molecule has 2 aliphatic rings. The number of aromatic nitrogens is 2. The maximum Gasteiger partial charge on any atom is 0.323 e. The van der Waals surface area contributed by atoms with Crippen LogP contribution in [0.5, 0.6) is 0 Å². The Morgan fingerprint density at radius 2 is 1.83 bits per heavy atom. The van der Waals surface area contributed by atoms with Crippen LogP contribution in [0.4, 0.5) is 0 Å². The summed E-state index contributed by atoms with van der Waals surface area (Å²) < 4.78 is 11.4. The van der Waals surface area contributed by atoms with Crippen LogP contribution in [0, 0.1) is 0 Å². The van der Waals surface area contributed by atoms with Gasteiger partial charge in [-0.05, 0) is 17.7 Å². The number of likely N-dealkylation sites (tertiary alicyclic amines) is 1. The van der Waals surface area contributed by atoms with E-state index in [1.165, 1.54) is 0 Å². The summed E-state index contributed by atoms with van der Waals surface area (Å²) in [5.41, 5.74) is 2.14. The van der Waals surface area contributed by atoms with Crippen LogP contribution in [0.3, 0.4) is 0 Å². The van der Waals surface area contributed by atoms with Crippen LogP contribution in [0.15, 0.2) is 23.0 Å². The molecule has 23 heavy (non-hydrogen) atoms. The number of fused-ring (bicyclic) bond motifs is 1. The first-order valence-corrected chi connectivity index (χ1v) is 7.90. The van der Waals surface area contributed by atoms with Crippen molar-refractivity contribution in [3.8, 4) is 0 Å². The molecule has 2 aliphatic heterocycles. The fraction of sp³-hybridized carbons (Fsp3) is 0.500. The summed E-state index contributed by atoms with van der Waals surface area (Å²) in [6.45, 7) is 2.59. The fourth-order valence-electron chi connectivity index (χ4n) is 3.36. The molecule has 7 nitrogen and oxygen atoms in total. The average Bonchev–Trinajstić information content (AvgIpc) is 3.13. The van der Waals surface area contributed by atoms with Crippen molar-refractivity contribution in [1.29, 1.82) is 0 Å². The molecule has 1 amide bonds. The number of H-pyrrole nitrogens is 2. The lowest BCUT2D eigenvalue weighted by Gasteiger charge is -2.37. The van der Waals surface area contributed by atoms with E-state index in [9.17, 15) is 9.59 Å². The molecule has 1 aromatic carbocycles. The van der Waals surface area contributed by atoms with Crippen molar-refractivity contribution in [1.82, 2.24) is 14.9 Å². The Hall–Kier alpha value is -2.12. The van der Waals surface area contributed by atoms with Crippen molar-refractivity contribution in [2.75, 3.05) is 26.3 Å². The number of piperidine rings is 1. The second-order valence-electron chi connectivity index (χ2n) is 6.12. The minimum atomic E-state index is -0.458. The van der Waals surface area contributed by atoms with Gasteiger partial charge in [0.2, 0.25) is 5.91 Å². The first-order chi connectivity index (χ1) is 11.1.